The molecule has 0 aromatic heterocycles. The summed E-state index contributed by atoms with van der Waals surface area (Å²) in [6, 6.07) is 1.79. The van der Waals surface area contributed by atoms with Crippen LogP contribution in [0.25, 0.3) is 0 Å². The molecule has 2 N–H and O–H groups in total. The van der Waals surface area contributed by atoms with Gasteiger partial charge < -0.3 is 14.8 Å². The van der Waals surface area contributed by atoms with E-state index in [-0.39, 0.29) is 5.04 Å². The summed E-state index contributed by atoms with van der Waals surface area (Å²) >= 11 is 0. The first kappa shape index (κ1) is 22.2. The number of rotatable bonds is 7. The third kappa shape index (κ3) is 5.31. The average Bonchev–Trinajstić information content (AvgIpc) is 2.49. The number of benzene rings is 1. The zero-order chi connectivity index (χ0) is 20.3. The number of carbonyl (C=O) groups is 2. The molecule has 0 saturated heterocycles. The smallest absolute Gasteiger partial charge is 0.349 e. The van der Waals surface area contributed by atoms with Crippen molar-refractivity contribution in [3.05, 3.63) is 35.6 Å². The van der Waals surface area contributed by atoms with E-state index in [1.54, 1.807) is 5.32 Å². The van der Waals surface area contributed by atoms with Gasteiger partial charge in [-0.15, -0.1) is 0 Å². The molecule has 146 valence electrons. The predicted octanol–water partition coefficient (Wildman–Crippen LogP) is 3.51. The molecule has 0 heterocycles. The van der Waals surface area contributed by atoms with E-state index in [1.807, 2.05) is 33.9 Å². The van der Waals surface area contributed by atoms with E-state index in [9.17, 15) is 27.9 Å². The first-order chi connectivity index (χ1) is 11.7. The Balaban J connectivity index is 2.90. The van der Waals surface area contributed by atoms with E-state index < -0.39 is 50.1 Å². The fourth-order valence-electron chi connectivity index (χ4n) is 1.75. The van der Waals surface area contributed by atoms with Gasteiger partial charge in [-0.2, -0.15) is 8.78 Å². The van der Waals surface area contributed by atoms with Gasteiger partial charge in [0.05, 0.1) is 6.61 Å². The molecule has 0 spiro atoms. The van der Waals surface area contributed by atoms with E-state index in [1.165, 1.54) is 0 Å². The highest BCUT2D eigenvalue weighted by Crippen LogP contribution is 2.36. The minimum Gasteiger partial charge on any atom is -0.480 e. The predicted molar refractivity (Wildman–Crippen MR) is 93.0 cm³/mol. The number of hydrogen-bond acceptors (Lipinski definition) is 3. The van der Waals surface area contributed by atoms with Crippen molar-refractivity contribution in [2.24, 2.45) is 0 Å². The Morgan fingerprint density at radius 3 is 2.31 bits per heavy atom. The molecule has 0 fully saturated rings. The number of hydrogen-bond donors (Lipinski definition) is 2. The van der Waals surface area contributed by atoms with Crippen molar-refractivity contribution in [3.8, 4) is 0 Å². The maximum atomic E-state index is 14.2. The van der Waals surface area contributed by atoms with Crippen LogP contribution in [-0.4, -0.2) is 37.9 Å². The fourth-order valence-corrected chi connectivity index (χ4v) is 2.76. The van der Waals surface area contributed by atoms with Gasteiger partial charge in [0, 0.05) is 5.56 Å². The molecule has 0 radical (unpaired) electrons. The lowest BCUT2D eigenvalue weighted by molar-refractivity contribution is -0.153. The molecule has 26 heavy (non-hydrogen) atoms. The fraction of sp³-hybridized carbons (Fsp3) is 0.529. The van der Waals surface area contributed by atoms with Crippen molar-refractivity contribution in [2.45, 2.75) is 50.9 Å². The molecule has 1 rings (SSSR count). The lowest BCUT2D eigenvalue weighted by Gasteiger charge is -2.37. The molecule has 1 unspecified atom stereocenters. The summed E-state index contributed by atoms with van der Waals surface area (Å²) in [5.41, 5.74) is -0.857. The number of halogens is 3. The summed E-state index contributed by atoms with van der Waals surface area (Å²) in [5, 5.41) is 10.8. The monoisotopic (exact) mass is 391 g/mol. The molecule has 0 saturated carbocycles. The van der Waals surface area contributed by atoms with Crippen molar-refractivity contribution < 1.29 is 32.3 Å². The number of amides is 1. The van der Waals surface area contributed by atoms with E-state index in [4.69, 9.17) is 4.43 Å². The Hall–Kier alpha value is -1.87. The summed E-state index contributed by atoms with van der Waals surface area (Å²) in [5.74, 6) is -8.32. The molecule has 1 atom stereocenters. The molecule has 1 aromatic rings. The Bertz CT molecular complexity index is 674. The topological polar surface area (TPSA) is 75.6 Å². The van der Waals surface area contributed by atoms with Crippen LogP contribution in [0.15, 0.2) is 24.3 Å². The number of carbonyl (C=O) groups excluding carboxylic acids is 1. The van der Waals surface area contributed by atoms with E-state index in [0.717, 1.165) is 18.2 Å². The van der Waals surface area contributed by atoms with Crippen LogP contribution in [0.5, 0.6) is 0 Å². The Morgan fingerprint density at radius 2 is 1.85 bits per heavy atom. The molecular weight excluding hydrogens is 367 g/mol. The van der Waals surface area contributed by atoms with Gasteiger partial charge in [0.15, 0.2) is 8.32 Å². The number of alkyl halides is 2. The van der Waals surface area contributed by atoms with Crippen LogP contribution in [0.2, 0.25) is 18.1 Å². The minimum absolute atomic E-state index is 0.217. The first-order valence-electron chi connectivity index (χ1n) is 8.00. The molecule has 9 heteroatoms. The molecular formula is C17H24F3NO4Si. The van der Waals surface area contributed by atoms with Gasteiger partial charge in [0.1, 0.15) is 11.9 Å². The normalized spacial score (nSPS) is 14.0. The van der Waals surface area contributed by atoms with Crippen LogP contribution in [0.1, 0.15) is 26.3 Å². The van der Waals surface area contributed by atoms with Crippen molar-refractivity contribution in [1.29, 1.82) is 0 Å². The Labute approximate surface area is 151 Å². The van der Waals surface area contributed by atoms with Crippen LogP contribution < -0.4 is 5.32 Å². The summed E-state index contributed by atoms with van der Waals surface area (Å²) in [6.45, 7) is 9.12. The van der Waals surface area contributed by atoms with Crippen LogP contribution in [-0.2, 0) is 19.9 Å². The second-order valence-corrected chi connectivity index (χ2v) is 12.3. The van der Waals surface area contributed by atoms with Crippen molar-refractivity contribution in [1.82, 2.24) is 5.32 Å². The van der Waals surface area contributed by atoms with Crippen LogP contribution >= 0.6 is 0 Å². The molecule has 0 aliphatic carbocycles. The van der Waals surface area contributed by atoms with Crippen molar-refractivity contribution in [2.75, 3.05) is 6.61 Å². The molecule has 1 aromatic carbocycles. The second kappa shape index (κ2) is 7.79. The van der Waals surface area contributed by atoms with Gasteiger partial charge in [-0.05, 0) is 30.3 Å². The van der Waals surface area contributed by atoms with Crippen molar-refractivity contribution in [3.63, 3.8) is 0 Å². The molecule has 0 aliphatic heterocycles. The molecule has 1 amide bonds. The summed E-state index contributed by atoms with van der Waals surface area (Å²) < 4.78 is 47.3. The van der Waals surface area contributed by atoms with Crippen molar-refractivity contribution >= 4 is 20.2 Å². The van der Waals surface area contributed by atoms with E-state index >= 15 is 0 Å². The quantitative estimate of drug-likeness (QED) is 0.698. The highest BCUT2D eigenvalue weighted by atomic mass is 28.4. The molecule has 0 aliphatic rings. The zero-order valence-corrected chi connectivity index (χ0v) is 16.4. The Kier molecular flexibility index (Phi) is 6.64. The summed E-state index contributed by atoms with van der Waals surface area (Å²) in [4.78, 5) is 23.3. The van der Waals surface area contributed by atoms with Crippen LogP contribution in [0.4, 0.5) is 13.2 Å². The standard InChI is InChI=1S/C17H24F3NO4Si/c1-16(2,3)26(4,5)25-10-13(14(22)23)21-15(24)17(19,20)11-7-6-8-12(18)9-11/h6-9,13H,10H2,1-5H3,(H,21,24)(H,22,23). The summed E-state index contributed by atoms with van der Waals surface area (Å²) in [7, 11) is -2.33. The van der Waals surface area contributed by atoms with Gasteiger partial charge in [-0.1, -0.05) is 32.9 Å². The second-order valence-electron chi connectivity index (χ2n) is 7.52. The van der Waals surface area contributed by atoms with E-state index in [2.05, 4.69) is 0 Å². The van der Waals surface area contributed by atoms with E-state index in [0.29, 0.717) is 6.07 Å². The third-order valence-electron chi connectivity index (χ3n) is 4.49. The summed E-state index contributed by atoms with van der Waals surface area (Å²) in [6.07, 6.45) is 0. The lowest BCUT2D eigenvalue weighted by atomic mass is 10.1. The highest BCUT2D eigenvalue weighted by Gasteiger charge is 2.44. The van der Waals surface area contributed by atoms with Gasteiger partial charge in [0.2, 0.25) is 0 Å². The number of aliphatic carboxylic acids is 1. The molecule has 5 nitrogen and oxygen atoms in total. The third-order valence-corrected chi connectivity index (χ3v) is 8.99. The highest BCUT2D eigenvalue weighted by molar-refractivity contribution is 6.74. The molecule has 0 bridgehead atoms. The average molecular weight is 391 g/mol. The van der Waals surface area contributed by atoms with Gasteiger partial charge >= 0.3 is 11.9 Å². The number of carboxylic acids is 1. The zero-order valence-electron chi connectivity index (χ0n) is 15.4. The van der Waals surface area contributed by atoms with Crippen LogP contribution in [0.3, 0.4) is 0 Å². The SMILES string of the molecule is CC(C)(C)[Si](C)(C)OCC(NC(=O)C(F)(F)c1cccc(F)c1)C(=O)O. The Morgan fingerprint density at radius 1 is 1.27 bits per heavy atom. The van der Waals surface area contributed by atoms with Crippen LogP contribution in [0, 0.1) is 5.82 Å². The largest absolute Gasteiger partial charge is 0.480 e. The maximum Gasteiger partial charge on any atom is 0.349 e. The van der Waals surface area contributed by atoms with Gasteiger partial charge in [0.25, 0.3) is 5.91 Å². The minimum atomic E-state index is -4.08. The van der Waals surface area contributed by atoms with Gasteiger partial charge in [-0.3, -0.25) is 4.79 Å². The first-order valence-corrected chi connectivity index (χ1v) is 10.9. The number of carboxylic acid groups (broad SMARTS) is 1. The maximum absolute atomic E-state index is 14.2. The number of nitrogens with one attached hydrogen (secondary N) is 1. The van der Waals surface area contributed by atoms with Gasteiger partial charge in [-0.25, -0.2) is 9.18 Å². The lowest BCUT2D eigenvalue weighted by Crippen LogP contribution is -2.52.